The summed E-state index contributed by atoms with van der Waals surface area (Å²) < 4.78 is 0. The summed E-state index contributed by atoms with van der Waals surface area (Å²) in [6.07, 6.45) is 0. The number of para-hydroxylation sites is 1. The van der Waals surface area contributed by atoms with E-state index >= 15 is 0 Å². The van der Waals surface area contributed by atoms with E-state index in [2.05, 4.69) is 12.2 Å². The number of rotatable bonds is 2. The van der Waals surface area contributed by atoms with Crippen molar-refractivity contribution in [3.8, 4) is 0 Å². The zero-order chi connectivity index (χ0) is 9.90. The molecule has 2 nitrogen and oxygen atoms in total. The Bertz CT molecular complexity index is 285. The molecule has 1 aromatic carbocycles. The molecule has 0 bridgehead atoms. The van der Waals surface area contributed by atoms with Crippen LogP contribution in [0.15, 0.2) is 30.3 Å². The molecule has 1 aromatic rings. The zero-order valence-corrected chi connectivity index (χ0v) is 8.00. The summed E-state index contributed by atoms with van der Waals surface area (Å²) in [5.74, 6) is -0.0706. The van der Waals surface area contributed by atoms with Crippen LogP contribution in [-0.4, -0.2) is 5.91 Å². The van der Waals surface area contributed by atoms with Gasteiger partial charge in [-0.2, -0.15) is 0 Å². The number of amides is 1. The molecule has 1 rings (SSSR count). The Labute approximate surface area is 79.0 Å². The van der Waals surface area contributed by atoms with Crippen LogP contribution in [-0.2, 0) is 4.79 Å². The SMILES string of the molecule is [CH2]C(C)(C)C(=O)Nc1ccccc1. The van der Waals surface area contributed by atoms with Gasteiger partial charge in [0.25, 0.3) is 0 Å². The van der Waals surface area contributed by atoms with Gasteiger partial charge in [-0.1, -0.05) is 32.0 Å². The number of anilines is 1. The fraction of sp³-hybridized carbons (Fsp3) is 0.273. The molecule has 69 valence electrons. The minimum absolute atomic E-state index is 0.0706. The Balaban J connectivity index is 2.66. The fourth-order valence-electron chi connectivity index (χ4n) is 0.822. The highest BCUT2D eigenvalue weighted by Gasteiger charge is 2.20. The number of carbonyl (C=O) groups is 1. The van der Waals surface area contributed by atoms with Gasteiger partial charge < -0.3 is 5.32 Å². The standard InChI is InChI=1S/C11H14NO/c1-11(2,3)10(13)12-9-7-5-4-6-8-9/h4-8H,1H2,2-3H3,(H,12,13). The maximum Gasteiger partial charge on any atom is 0.230 e. The van der Waals surface area contributed by atoms with Crippen molar-refractivity contribution in [1.29, 1.82) is 0 Å². The first-order valence-corrected chi connectivity index (χ1v) is 4.22. The smallest absolute Gasteiger partial charge is 0.230 e. The van der Waals surface area contributed by atoms with Gasteiger partial charge in [0.2, 0.25) is 5.91 Å². The third kappa shape index (κ3) is 2.90. The van der Waals surface area contributed by atoms with Crippen molar-refractivity contribution in [3.05, 3.63) is 37.3 Å². The molecule has 1 N–H and O–H groups in total. The van der Waals surface area contributed by atoms with Crippen LogP contribution in [0.3, 0.4) is 0 Å². The average molecular weight is 176 g/mol. The number of benzene rings is 1. The molecule has 0 unspecified atom stereocenters. The quantitative estimate of drug-likeness (QED) is 0.737. The van der Waals surface area contributed by atoms with Crippen molar-refractivity contribution in [2.75, 3.05) is 5.32 Å². The van der Waals surface area contributed by atoms with E-state index in [0.717, 1.165) is 5.69 Å². The van der Waals surface area contributed by atoms with E-state index in [1.807, 2.05) is 30.3 Å². The van der Waals surface area contributed by atoms with Crippen molar-refractivity contribution in [2.24, 2.45) is 5.41 Å². The second kappa shape index (κ2) is 3.60. The lowest BCUT2D eigenvalue weighted by Gasteiger charge is -2.17. The van der Waals surface area contributed by atoms with Crippen LogP contribution in [0.4, 0.5) is 5.69 Å². The molecular formula is C11H14NO. The maximum absolute atomic E-state index is 11.5. The van der Waals surface area contributed by atoms with Gasteiger partial charge in [0.1, 0.15) is 0 Å². The van der Waals surface area contributed by atoms with Gasteiger partial charge in [-0.15, -0.1) is 0 Å². The van der Waals surface area contributed by atoms with Gasteiger partial charge in [-0.3, -0.25) is 4.79 Å². The molecule has 0 saturated carbocycles. The molecule has 1 amide bonds. The highest BCUT2D eigenvalue weighted by molar-refractivity contribution is 5.95. The molecule has 0 fully saturated rings. The molecule has 0 spiro atoms. The first-order valence-electron chi connectivity index (χ1n) is 4.22. The van der Waals surface area contributed by atoms with Crippen LogP contribution in [0.5, 0.6) is 0 Å². The third-order valence-electron chi connectivity index (χ3n) is 1.65. The topological polar surface area (TPSA) is 29.1 Å². The Morgan fingerprint density at radius 1 is 1.31 bits per heavy atom. The van der Waals surface area contributed by atoms with Crippen LogP contribution >= 0.6 is 0 Å². The summed E-state index contributed by atoms with van der Waals surface area (Å²) >= 11 is 0. The van der Waals surface area contributed by atoms with E-state index in [1.165, 1.54) is 0 Å². The predicted octanol–water partition coefficient (Wildman–Crippen LogP) is 2.49. The lowest BCUT2D eigenvalue weighted by molar-refractivity contribution is -0.122. The van der Waals surface area contributed by atoms with Crippen molar-refractivity contribution >= 4 is 11.6 Å². The molecule has 1 radical (unpaired) electrons. The zero-order valence-electron chi connectivity index (χ0n) is 8.00. The van der Waals surface area contributed by atoms with E-state index in [-0.39, 0.29) is 5.91 Å². The largest absolute Gasteiger partial charge is 0.326 e. The van der Waals surface area contributed by atoms with Crippen molar-refractivity contribution in [2.45, 2.75) is 13.8 Å². The molecule has 2 heteroatoms. The van der Waals surface area contributed by atoms with E-state index in [0.29, 0.717) is 0 Å². The normalized spacial score (nSPS) is 11.0. The second-order valence-corrected chi connectivity index (χ2v) is 3.70. The summed E-state index contributed by atoms with van der Waals surface area (Å²) in [6, 6.07) is 9.37. The molecule has 0 aliphatic heterocycles. The van der Waals surface area contributed by atoms with Crippen molar-refractivity contribution < 1.29 is 4.79 Å². The van der Waals surface area contributed by atoms with Crippen molar-refractivity contribution in [1.82, 2.24) is 0 Å². The fourth-order valence-corrected chi connectivity index (χ4v) is 0.822. The van der Waals surface area contributed by atoms with E-state index in [9.17, 15) is 4.79 Å². The summed E-state index contributed by atoms with van der Waals surface area (Å²) in [6.45, 7) is 7.32. The summed E-state index contributed by atoms with van der Waals surface area (Å²) in [5, 5.41) is 2.78. The number of hydrogen-bond donors (Lipinski definition) is 1. The van der Waals surface area contributed by atoms with Crippen LogP contribution < -0.4 is 5.32 Å². The predicted molar refractivity (Wildman–Crippen MR) is 54.2 cm³/mol. The van der Waals surface area contributed by atoms with Gasteiger partial charge in [-0.05, 0) is 19.1 Å². The van der Waals surface area contributed by atoms with Crippen LogP contribution in [0.1, 0.15) is 13.8 Å². The molecule has 0 atom stereocenters. The first kappa shape index (κ1) is 9.78. The molecule has 0 aromatic heterocycles. The highest BCUT2D eigenvalue weighted by Crippen LogP contribution is 2.16. The Morgan fingerprint density at radius 2 is 1.85 bits per heavy atom. The lowest BCUT2D eigenvalue weighted by Crippen LogP contribution is -2.27. The van der Waals surface area contributed by atoms with E-state index in [1.54, 1.807) is 13.8 Å². The minimum atomic E-state index is -0.587. The van der Waals surface area contributed by atoms with Crippen molar-refractivity contribution in [3.63, 3.8) is 0 Å². The van der Waals surface area contributed by atoms with Gasteiger partial charge in [0.15, 0.2) is 0 Å². The summed E-state index contributed by atoms with van der Waals surface area (Å²) in [4.78, 5) is 11.5. The van der Waals surface area contributed by atoms with Gasteiger partial charge in [0.05, 0.1) is 0 Å². The molecule has 0 aliphatic carbocycles. The molecule has 0 aliphatic rings. The Hall–Kier alpha value is -1.31. The lowest BCUT2D eigenvalue weighted by atomic mass is 9.95. The van der Waals surface area contributed by atoms with Crippen LogP contribution in [0, 0.1) is 12.3 Å². The number of hydrogen-bond acceptors (Lipinski definition) is 1. The van der Waals surface area contributed by atoms with Gasteiger partial charge in [0, 0.05) is 11.1 Å². The second-order valence-electron chi connectivity index (χ2n) is 3.70. The minimum Gasteiger partial charge on any atom is -0.326 e. The average Bonchev–Trinajstić information content (AvgIpc) is 2.04. The van der Waals surface area contributed by atoms with E-state index in [4.69, 9.17) is 0 Å². The molecule has 13 heavy (non-hydrogen) atoms. The summed E-state index contributed by atoms with van der Waals surface area (Å²) in [5.41, 5.74) is 0.222. The van der Waals surface area contributed by atoms with Gasteiger partial charge in [-0.25, -0.2) is 0 Å². The molecule has 0 heterocycles. The van der Waals surface area contributed by atoms with E-state index < -0.39 is 5.41 Å². The maximum atomic E-state index is 11.5. The molecule has 0 saturated heterocycles. The van der Waals surface area contributed by atoms with Crippen LogP contribution in [0.2, 0.25) is 0 Å². The van der Waals surface area contributed by atoms with Crippen LogP contribution in [0.25, 0.3) is 0 Å². The summed E-state index contributed by atoms with van der Waals surface area (Å²) in [7, 11) is 0. The monoisotopic (exact) mass is 176 g/mol. The molecular weight excluding hydrogens is 162 g/mol. The first-order chi connectivity index (χ1) is 6.00. The highest BCUT2D eigenvalue weighted by atomic mass is 16.2. The Morgan fingerprint density at radius 3 is 2.31 bits per heavy atom. The third-order valence-corrected chi connectivity index (χ3v) is 1.65. The number of carbonyl (C=O) groups excluding carboxylic acids is 1. The number of nitrogens with one attached hydrogen (secondary N) is 1. The van der Waals surface area contributed by atoms with Gasteiger partial charge >= 0.3 is 0 Å². The Kier molecular flexibility index (Phi) is 2.71.